The molecule has 20 heavy (non-hydrogen) atoms. The fraction of sp³-hybridized carbons (Fsp3) is 0.375. The monoisotopic (exact) mass is 271 g/mol. The first-order chi connectivity index (χ1) is 9.34. The van der Waals surface area contributed by atoms with Gasteiger partial charge >= 0.3 is 0 Å². The second-order valence-electron chi connectivity index (χ2n) is 5.74. The van der Waals surface area contributed by atoms with E-state index >= 15 is 0 Å². The van der Waals surface area contributed by atoms with Gasteiger partial charge in [-0.3, -0.25) is 4.98 Å². The number of rotatable bonds is 5. The number of aromatic amines is 1. The lowest BCUT2D eigenvalue weighted by Crippen LogP contribution is -2.18. The van der Waals surface area contributed by atoms with Crippen molar-refractivity contribution in [1.82, 2.24) is 15.0 Å². The lowest BCUT2D eigenvalue weighted by atomic mass is 10.0. The van der Waals surface area contributed by atoms with Crippen molar-refractivity contribution in [3.63, 3.8) is 0 Å². The number of aromatic nitrogens is 3. The van der Waals surface area contributed by atoms with Crippen LogP contribution in [0.15, 0.2) is 36.5 Å². The van der Waals surface area contributed by atoms with Crippen molar-refractivity contribution in [2.75, 3.05) is 0 Å². The van der Waals surface area contributed by atoms with Crippen LogP contribution < -0.4 is 0 Å². The normalized spacial score (nSPS) is 11.6. The summed E-state index contributed by atoms with van der Waals surface area (Å²) in [6.07, 6.45) is 3.26. The summed E-state index contributed by atoms with van der Waals surface area (Å²) in [6, 6.07) is 5.71. The first-order valence-electron chi connectivity index (χ1n) is 6.70. The smallest absolute Gasteiger partial charge is 0.110 e. The summed E-state index contributed by atoms with van der Waals surface area (Å²) < 4.78 is 0. The molecule has 0 aromatic carbocycles. The average molecular weight is 271 g/mol. The number of hydrogen-bond donors (Lipinski definition) is 2. The van der Waals surface area contributed by atoms with E-state index in [1.165, 1.54) is 0 Å². The van der Waals surface area contributed by atoms with Crippen LogP contribution in [0.4, 0.5) is 0 Å². The largest absolute Gasteiger partial charge is 0.384 e. The van der Waals surface area contributed by atoms with Gasteiger partial charge in [-0.2, -0.15) is 0 Å². The molecule has 2 N–H and O–H groups in total. The van der Waals surface area contributed by atoms with Crippen molar-refractivity contribution in [1.29, 1.82) is 0 Å². The Hall–Kier alpha value is -1.94. The molecule has 0 aliphatic rings. The molecule has 0 aliphatic heterocycles. The third kappa shape index (κ3) is 3.78. The van der Waals surface area contributed by atoms with E-state index < -0.39 is 5.60 Å². The van der Waals surface area contributed by atoms with Crippen LogP contribution in [0.1, 0.15) is 43.7 Å². The highest BCUT2D eigenvalue weighted by Gasteiger charge is 2.17. The maximum Gasteiger partial charge on any atom is 0.110 e. The molecule has 0 atom stereocenters. The van der Waals surface area contributed by atoms with Crippen molar-refractivity contribution in [3.8, 4) is 0 Å². The highest BCUT2D eigenvalue weighted by Crippen LogP contribution is 2.18. The van der Waals surface area contributed by atoms with Crippen LogP contribution in [-0.2, 0) is 18.4 Å². The van der Waals surface area contributed by atoms with Crippen LogP contribution in [0.3, 0.4) is 0 Å². The molecule has 0 spiro atoms. The van der Waals surface area contributed by atoms with Crippen LogP contribution >= 0.6 is 0 Å². The summed E-state index contributed by atoms with van der Waals surface area (Å²) in [7, 11) is 0. The Morgan fingerprint density at radius 1 is 1.40 bits per heavy atom. The Labute approximate surface area is 119 Å². The molecule has 2 aromatic heterocycles. The molecule has 0 fully saturated rings. The van der Waals surface area contributed by atoms with E-state index in [9.17, 15) is 5.11 Å². The van der Waals surface area contributed by atoms with Crippen molar-refractivity contribution >= 4 is 0 Å². The van der Waals surface area contributed by atoms with E-state index in [4.69, 9.17) is 0 Å². The third-order valence-corrected chi connectivity index (χ3v) is 2.96. The van der Waals surface area contributed by atoms with Gasteiger partial charge in [-0.25, -0.2) is 4.98 Å². The second kappa shape index (κ2) is 5.59. The van der Waals surface area contributed by atoms with Gasteiger partial charge in [0.25, 0.3) is 0 Å². The summed E-state index contributed by atoms with van der Waals surface area (Å²) >= 11 is 0. The van der Waals surface area contributed by atoms with Gasteiger partial charge in [-0.15, -0.1) is 0 Å². The molecule has 4 heteroatoms. The minimum Gasteiger partial charge on any atom is -0.384 e. The molecule has 0 amide bonds. The Morgan fingerprint density at radius 3 is 2.80 bits per heavy atom. The van der Waals surface area contributed by atoms with Crippen LogP contribution in [-0.4, -0.2) is 20.1 Å². The van der Waals surface area contributed by atoms with E-state index in [2.05, 4.69) is 21.5 Å². The summed E-state index contributed by atoms with van der Waals surface area (Å²) in [5.41, 5.74) is 2.76. The zero-order valence-electron chi connectivity index (χ0n) is 12.3. The van der Waals surface area contributed by atoms with Gasteiger partial charge in [0.15, 0.2) is 0 Å². The number of H-pyrrole nitrogens is 1. The SMILES string of the molecule is C=C(C)Cc1ncc(Cc2cccc(C(C)(C)O)n2)[nH]1. The third-order valence-electron chi connectivity index (χ3n) is 2.96. The quantitative estimate of drug-likeness (QED) is 0.822. The molecule has 0 bridgehead atoms. The van der Waals surface area contributed by atoms with Crippen LogP contribution in [0, 0.1) is 0 Å². The number of nitrogens with zero attached hydrogens (tertiary/aromatic N) is 2. The predicted molar refractivity (Wildman–Crippen MR) is 79.4 cm³/mol. The van der Waals surface area contributed by atoms with Gasteiger partial charge in [0.05, 0.1) is 5.69 Å². The van der Waals surface area contributed by atoms with Gasteiger partial charge in [-0.1, -0.05) is 18.2 Å². The van der Waals surface area contributed by atoms with Crippen molar-refractivity contribution in [3.05, 3.63) is 59.5 Å². The van der Waals surface area contributed by atoms with Crippen molar-refractivity contribution in [2.24, 2.45) is 0 Å². The first-order valence-corrected chi connectivity index (χ1v) is 6.70. The van der Waals surface area contributed by atoms with Gasteiger partial charge in [-0.05, 0) is 32.9 Å². The summed E-state index contributed by atoms with van der Waals surface area (Å²) in [5, 5.41) is 9.99. The molecule has 2 rings (SSSR count). The molecule has 0 saturated heterocycles. The maximum atomic E-state index is 9.99. The molecular formula is C16H21N3O. The molecular weight excluding hydrogens is 250 g/mol. The fourth-order valence-electron chi connectivity index (χ4n) is 1.99. The summed E-state index contributed by atoms with van der Waals surface area (Å²) in [6.45, 7) is 9.34. The van der Waals surface area contributed by atoms with E-state index in [0.29, 0.717) is 12.1 Å². The maximum absolute atomic E-state index is 9.99. The van der Waals surface area contributed by atoms with E-state index in [-0.39, 0.29) is 0 Å². The van der Waals surface area contributed by atoms with E-state index in [1.807, 2.05) is 31.3 Å². The number of allylic oxidation sites excluding steroid dienone is 1. The molecule has 2 heterocycles. The molecule has 4 nitrogen and oxygen atoms in total. The minimum absolute atomic E-state index is 0.674. The van der Waals surface area contributed by atoms with Crippen LogP contribution in [0.25, 0.3) is 0 Å². The molecule has 0 aliphatic carbocycles. The molecule has 0 radical (unpaired) electrons. The average Bonchev–Trinajstić information content (AvgIpc) is 2.75. The van der Waals surface area contributed by atoms with Crippen LogP contribution in [0.2, 0.25) is 0 Å². The lowest BCUT2D eigenvalue weighted by molar-refractivity contribution is 0.0736. The van der Waals surface area contributed by atoms with Crippen molar-refractivity contribution < 1.29 is 5.11 Å². The van der Waals surface area contributed by atoms with Crippen LogP contribution in [0.5, 0.6) is 0 Å². The Balaban J connectivity index is 2.14. The highest BCUT2D eigenvalue weighted by molar-refractivity contribution is 5.20. The minimum atomic E-state index is -0.922. The fourth-order valence-corrected chi connectivity index (χ4v) is 1.99. The predicted octanol–water partition coefficient (Wildman–Crippen LogP) is 2.74. The summed E-state index contributed by atoms with van der Waals surface area (Å²) in [5.74, 6) is 0.922. The van der Waals surface area contributed by atoms with Gasteiger partial charge in [0.1, 0.15) is 11.4 Å². The zero-order valence-corrected chi connectivity index (χ0v) is 12.3. The topological polar surface area (TPSA) is 61.8 Å². The Bertz CT molecular complexity index is 608. The number of hydrogen-bond acceptors (Lipinski definition) is 3. The van der Waals surface area contributed by atoms with Crippen molar-refractivity contribution in [2.45, 2.75) is 39.2 Å². The second-order valence-corrected chi connectivity index (χ2v) is 5.74. The first kappa shape index (κ1) is 14.5. The standard InChI is InChI=1S/C16H21N3O/c1-11(2)8-15-17-10-13(19-15)9-12-6-5-7-14(18-12)16(3,4)20/h5-7,10,20H,1,8-9H2,2-4H3,(H,17,19). The van der Waals surface area contributed by atoms with Gasteiger partial charge < -0.3 is 10.1 Å². The van der Waals surface area contributed by atoms with Gasteiger partial charge in [0.2, 0.25) is 0 Å². The Morgan fingerprint density at radius 2 is 2.15 bits per heavy atom. The Kier molecular flexibility index (Phi) is 4.04. The van der Waals surface area contributed by atoms with E-state index in [0.717, 1.165) is 29.2 Å². The number of nitrogens with one attached hydrogen (secondary N) is 1. The number of imidazole rings is 1. The molecule has 0 saturated carbocycles. The highest BCUT2D eigenvalue weighted by atomic mass is 16.3. The van der Waals surface area contributed by atoms with E-state index in [1.54, 1.807) is 13.8 Å². The molecule has 2 aromatic rings. The van der Waals surface area contributed by atoms with Gasteiger partial charge in [0, 0.05) is 30.4 Å². The lowest BCUT2D eigenvalue weighted by Gasteiger charge is -2.16. The molecule has 0 unspecified atom stereocenters. The zero-order chi connectivity index (χ0) is 14.8. The number of aliphatic hydroxyl groups is 1. The summed E-state index contributed by atoms with van der Waals surface area (Å²) in [4.78, 5) is 12.1. The number of pyridine rings is 1. The molecule has 106 valence electrons.